The van der Waals surface area contributed by atoms with E-state index >= 15 is 0 Å². The second-order valence-corrected chi connectivity index (χ2v) is 6.66. The maximum absolute atomic E-state index is 12.3. The SMILES string of the molecule is Cc1ccc(NC(=O)C[NH2+][C@H](C)c2cccc3ccccc23)c(C)c1. The van der Waals surface area contributed by atoms with Crippen LogP contribution in [0.25, 0.3) is 10.8 Å². The molecule has 3 N–H and O–H groups in total. The number of carbonyl (C=O) groups excluding carboxylic acids is 1. The van der Waals surface area contributed by atoms with Crippen LogP contribution in [0.2, 0.25) is 0 Å². The highest BCUT2D eigenvalue weighted by molar-refractivity contribution is 5.92. The smallest absolute Gasteiger partial charge is 0.279 e. The van der Waals surface area contributed by atoms with E-state index in [9.17, 15) is 4.79 Å². The summed E-state index contributed by atoms with van der Waals surface area (Å²) in [5.41, 5.74) is 4.45. The summed E-state index contributed by atoms with van der Waals surface area (Å²) in [6, 6.07) is 21.0. The summed E-state index contributed by atoms with van der Waals surface area (Å²) in [7, 11) is 0. The normalized spacial score (nSPS) is 12.1. The number of rotatable bonds is 5. The van der Waals surface area contributed by atoms with Crippen molar-refractivity contribution in [1.82, 2.24) is 0 Å². The number of anilines is 1. The average Bonchev–Trinajstić information content (AvgIpc) is 2.61. The van der Waals surface area contributed by atoms with E-state index in [0.717, 1.165) is 11.3 Å². The summed E-state index contributed by atoms with van der Waals surface area (Å²) in [5, 5.41) is 7.58. The Morgan fingerprint density at radius 2 is 1.80 bits per heavy atom. The van der Waals surface area contributed by atoms with Gasteiger partial charge in [0.25, 0.3) is 5.91 Å². The number of carbonyl (C=O) groups is 1. The molecular weight excluding hydrogens is 308 g/mol. The Morgan fingerprint density at radius 3 is 2.60 bits per heavy atom. The number of quaternary nitrogens is 1. The second-order valence-electron chi connectivity index (χ2n) is 6.66. The molecule has 0 aliphatic carbocycles. The molecule has 1 atom stereocenters. The lowest BCUT2D eigenvalue weighted by molar-refractivity contribution is -0.682. The third kappa shape index (κ3) is 4.06. The summed E-state index contributed by atoms with van der Waals surface area (Å²) in [6.45, 7) is 6.62. The van der Waals surface area contributed by atoms with Crippen molar-refractivity contribution >= 4 is 22.4 Å². The monoisotopic (exact) mass is 333 g/mol. The number of amides is 1. The van der Waals surface area contributed by atoms with Gasteiger partial charge in [-0.15, -0.1) is 0 Å². The minimum Gasteiger partial charge on any atom is -0.332 e. The molecule has 25 heavy (non-hydrogen) atoms. The van der Waals surface area contributed by atoms with Gasteiger partial charge in [0.2, 0.25) is 0 Å². The maximum atomic E-state index is 12.3. The number of nitrogens with one attached hydrogen (secondary N) is 1. The van der Waals surface area contributed by atoms with E-state index in [2.05, 4.69) is 73.0 Å². The second kappa shape index (κ2) is 7.49. The van der Waals surface area contributed by atoms with Crippen LogP contribution in [0.1, 0.15) is 29.7 Å². The van der Waals surface area contributed by atoms with Gasteiger partial charge < -0.3 is 10.6 Å². The minimum absolute atomic E-state index is 0.0269. The van der Waals surface area contributed by atoms with Crippen LogP contribution in [-0.4, -0.2) is 12.5 Å². The summed E-state index contributed by atoms with van der Waals surface area (Å²) < 4.78 is 0. The Balaban J connectivity index is 1.65. The summed E-state index contributed by atoms with van der Waals surface area (Å²) in [6.07, 6.45) is 0. The van der Waals surface area contributed by atoms with Gasteiger partial charge in [0, 0.05) is 11.3 Å². The number of nitrogens with two attached hydrogens (primary N) is 1. The van der Waals surface area contributed by atoms with Gasteiger partial charge >= 0.3 is 0 Å². The summed E-state index contributed by atoms with van der Waals surface area (Å²) in [4.78, 5) is 12.3. The lowest BCUT2D eigenvalue weighted by atomic mass is 10.00. The molecule has 0 aromatic heterocycles. The van der Waals surface area contributed by atoms with Gasteiger partial charge in [0.05, 0.1) is 0 Å². The zero-order chi connectivity index (χ0) is 17.8. The van der Waals surface area contributed by atoms with Crippen LogP contribution in [0, 0.1) is 13.8 Å². The highest BCUT2D eigenvalue weighted by Gasteiger charge is 2.14. The van der Waals surface area contributed by atoms with Crippen molar-refractivity contribution in [3.63, 3.8) is 0 Å². The molecule has 128 valence electrons. The van der Waals surface area contributed by atoms with Crippen LogP contribution in [-0.2, 0) is 4.79 Å². The molecule has 3 aromatic carbocycles. The molecule has 0 heterocycles. The fraction of sp³-hybridized carbons (Fsp3) is 0.227. The Kier molecular flexibility index (Phi) is 5.15. The molecular formula is C22H25N2O+. The van der Waals surface area contributed by atoms with Crippen molar-refractivity contribution in [2.45, 2.75) is 26.8 Å². The van der Waals surface area contributed by atoms with E-state index in [1.165, 1.54) is 21.9 Å². The van der Waals surface area contributed by atoms with E-state index < -0.39 is 0 Å². The first-order chi connectivity index (χ1) is 12.0. The van der Waals surface area contributed by atoms with Gasteiger partial charge in [-0.3, -0.25) is 4.79 Å². The molecule has 0 spiro atoms. The maximum Gasteiger partial charge on any atom is 0.279 e. The molecule has 3 nitrogen and oxygen atoms in total. The highest BCUT2D eigenvalue weighted by atomic mass is 16.1. The quantitative estimate of drug-likeness (QED) is 0.734. The molecule has 0 bridgehead atoms. The first-order valence-electron chi connectivity index (χ1n) is 8.72. The molecule has 0 radical (unpaired) electrons. The van der Waals surface area contributed by atoms with E-state index in [1.54, 1.807) is 0 Å². The third-order valence-electron chi connectivity index (χ3n) is 4.63. The van der Waals surface area contributed by atoms with Crippen molar-refractivity contribution in [2.24, 2.45) is 0 Å². The number of hydrogen-bond acceptors (Lipinski definition) is 1. The molecule has 3 aromatic rings. The zero-order valence-electron chi connectivity index (χ0n) is 15.0. The molecule has 3 heteroatoms. The Hall–Kier alpha value is -2.65. The Morgan fingerprint density at radius 1 is 1.04 bits per heavy atom. The fourth-order valence-corrected chi connectivity index (χ4v) is 3.21. The van der Waals surface area contributed by atoms with Crippen LogP contribution in [0.5, 0.6) is 0 Å². The van der Waals surface area contributed by atoms with Gasteiger partial charge in [-0.1, -0.05) is 60.2 Å². The lowest BCUT2D eigenvalue weighted by Crippen LogP contribution is -2.86. The standard InChI is InChI=1S/C22H24N2O/c1-15-11-12-21(16(2)13-15)24-22(25)14-23-17(3)19-10-6-8-18-7-4-5-9-20(18)19/h4-13,17,23H,14H2,1-3H3,(H,24,25)/p+1/t17-/m1/s1. The lowest BCUT2D eigenvalue weighted by Gasteiger charge is -2.14. The van der Waals surface area contributed by atoms with Crippen LogP contribution in [0.15, 0.2) is 60.7 Å². The third-order valence-corrected chi connectivity index (χ3v) is 4.63. The number of benzene rings is 3. The summed E-state index contributed by atoms with van der Waals surface area (Å²) >= 11 is 0. The Bertz CT molecular complexity index is 896. The van der Waals surface area contributed by atoms with Crippen LogP contribution < -0.4 is 10.6 Å². The van der Waals surface area contributed by atoms with E-state index in [-0.39, 0.29) is 11.9 Å². The van der Waals surface area contributed by atoms with Crippen molar-refractivity contribution in [3.8, 4) is 0 Å². The molecule has 0 unspecified atom stereocenters. The fourth-order valence-electron chi connectivity index (χ4n) is 3.21. The van der Waals surface area contributed by atoms with Gasteiger partial charge in [-0.2, -0.15) is 0 Å². The topological polar surface area (TPSA) is 45.7 Å². The van der Waals surface area contributed by atoms with Crippen molar-refractivity contribution in [3.05, 3.63) is 77.4 Å². The molecule has 3 rings (SSSR count). The number of fused-ring (bicyclic) bond motifs is 1. The van der Waals surface area contributed by atoms with Crippen LogP contribution in [0.4, 0.5) is 5.69 Å². The first-order valence-corrected chi connectivity index (χ1v) is 8.72. The van der Waals surface area contributed by atoms with E-state index in [4.69, 9.17) is 0 Å². The zero-order valence-corrected chi connectivity index (χ0v) is 15.0. The minimum atomic E-state index is 0.0269. The van der Waals surface area contributed by atoms with Gasteiger partial charge in [0.1, 0.15) is 6.04 Å². The van der Waals surface area contributed by atoms with Crippen molar-refractivity contribution < 1.29 is 10.1 Å². The van der Waals surface area contributed by atoms with Crippen molar-refractivity contribution in [1.29, 1.82) is 0 Å². The highest BCUT2D eigenvalue weighted by Crippen LogP contribution is 2.22. The van der Waals surface area contributed by atoms with Gasteiger partial charge in [-0.25, -0.2) is 0 Å². The number of hydrogen-bond donors (Lipinski definition) is 2. The molecule has 0 fully saturated rings. The average molecular weight is 333 g/mol. The number of aryl methyl sites for hydroxylation is 2. The Labute approximate surface area is 149 Å². The van der Waals surface area contributed by atoms with Gasteiger partial charge in [0.15, 0.2) is 6.54 Å². The van der Waals surface area contributed by atoms with Crippen LogP contribution in [0.3, 0.4) is 0 Å². The molecule has 1 amide bonds. The molecule has 0 aliphatic heterocycles. The summed E-state index contributed by atoms with van der Waals surface area (Å²) in [5.74, 6) is 0.0269. The predicted molar refractivity (Wildman–Crippen MR) is 104 cm³/mol. The molecule has 0 aliphatic rings. The molecule has 0 saturated carbocycles. The largest absolute Gasteiger partial charge is 0.332 e. The van der Waals surface area contributed by atoms with E-state index in [0.29, 0.717) is 6.54 Å². The van der Waals surface area contributed by atoms with Crippen molar-refractivity contribution in [2.75, 3.05) is 11.9 Å². The predicted octanol–water partition coefficient (Wildman–Crippen LogP) is 3.72. The first kappa shape index (κ1) is 17.2. The molecule has 0 saturated heterocycles. The van der Waals surface area contributed by atoms with Crippen LogP contribution >= 0.6 is 0 Å². The van der Waals surface area contributed by atoms with E-state index in [1.807, 2.05) is 19.1 Å². The van der Waals surface area contributed by atoms with Gasteiger partial charge in [-0.05, 0) is 43.2 Å².